The molecule has 0 saturated heterocycles. The second kappa shape index (κ2) is 11.6. The number of methoxy groups -OCH3 is 1. The van der Waals surface area contributed by atoms with Gasteiger partial charge in [0.25, 0.3) is 0 Å². The molecule has 3 amide bonds. The maximum absolute atomic E-state index is 13.2. The minimum atomic E-state index is -1.09. The highest BCUT2D eigenvalue weighted by Crippen LogP contribution is 2.22. The van der Waals surface area contributed by atoms with Crippen LogP contribution in [0.4, 0.5) is 20.2 Å². The molecule has 0 fully saturated rings. The normalized spacial score (nSPS) is 10.5. The van der Waals surface area contributed by atoms with Crippen molar-refractivity contribution >= 4 is 29.1 Å². The smallest absolute Gasteiger partial charge is 0.243 e. The van der Waals surface area contributed by atoms with Gasteiger partial charge in [-0.3, -0.25) is 19.3 Å². The molecule has 0 unspecified atom stereocenters. The molecule has 0 saturated carbocycles. The second-order valence-electron chi connectivity index (χ2n) is 6.51. The molecule has 3 N–H and O–H groups in total. The van der Waals surface area contributed by atoms with Crippen molar-refractivity contribution in [2.24, 2.45) is 0 Å². The largest absolute Gasteiger partial charge is 0.495 e. The van der Waals surface area contributed by atoms with Crippen molar-refractivity contribution in [3.05, 3.63) is 54.1 Å². The third kappa shape index (κ3) is 7.67. The molecule has 0 aromatic heterocycles. The van der Waals surface area contributed by atoms with Gasteiger partial charge in [0.15, 0.2) is 11.6 Å². The van der Waals surface area contributed by atoms with Crippen LogP contribution in [0.5, 0.6) is 5.75 Å². The summed E-state index contributed by atoms with van der Waals surface area (Å²) in [6.07, 6.45) is 0. The van der Waals surface area contributed by atoms with Crippen LogP contribution in [0.3, 0.4) is 0 Å². The molecule has 0 bridgehead atoms. The molecule has 0 radical (unpaired) electrons. The molecule has 0 atom stereocenters. The number of halogens is 2. The number of carbonyl (C=O) groups is 3. The lowest BCUT2D eigenvalue weighted by molar-refractivity contribution is -0.125. The van der Waals surface area contributed by atoms with Gasteiger partial charge in [-0.2, -0.15) is 0 Å². The van der Waals surface area contributed by atoms with Gasteiger partial charge in [-0.25, -0.2) is 8.78 Å². The van der Waals surface area contributed by atoms with Crippen molar-refractivity contribution in [3.8, 4) is 5.75 Å². The molecule has 0 aliphatic rings. The van der Waals surface area contributed by atoms with Crippen LogP contribution in [-0.2, 0) is 14.4 Å². The molecule has 0 heterocycles. The number of likely N-dealkylation sites (N-methyl/N-ethyl adjacent to an activating group) is 1. The van der Waals surface area contributed by atoms with E-state index in [0.717, 1.165) is 12.1 Å². The maximum Gasteiger partial charge on any atom is 0.243 e. The summed E-state index contributed by atoms with van der Waals surface area (Å²) in [4.78, 5) is 37.9. The summed E-state index contributed by atoms with van der Waals surface area (Å²) in [5, 5.41) is 7.50. The van der Waals surface area contributed by atoms with Gasteiger partial charge in [0, 0.05) is 11.8 Å². The first kappa shape index (κ1) is 23.7. The van der Waals surface area contributed by atoms with E-state index in [4.69, 9.17) is 4.74 Å². The van der Waals surface area contributed by atoms with E-state index in [2.05, 4.69) is 16.0 Å². The van der Waals surface area contributed by atoms with E-state index in [1.54, 1.807) is 36.1 Å². The summed E-state index contributed by atoms with van der Waals surface area (Å²) in [7, 11) is 1.50. The van der Waals surface area contributed by atoms with Crippen molar-refractivity contribution < 1.29 is 27.9 Å². The Bertz CT molecular complexity index is 939. The lowest BCUT2D eigenvalue weighted by Crippen LogP contribution is -2.43. The number of nitrogens with zero attached hydrogens (tertiary/aromatic N) is 1. The summed E-state index contributed by atoms with van der Waals surface area (Å²) in [6.45, 7) is 1.72. The number of hydrogen-bond donors (Lipinski definition) is 3. The number of ether oxygens (including phenoxy) is 1. The zero-order chi connectivity index (χ0) is 22.8. The minimum Gasteiger partial charge on any atom is -0.495 e. The van der Waals surface area contributed by atoms with Crippen LogP contribution in [0.15, 0.2) is 42.5 Å². The van der Waals surface area contributed by atoms with Crippen LogP contribution >= 0.6 is 0 Å². The lowest BCUT2D eigenvalue weighted by atomic mass is 10.3. The fourth-order valence-electron chi connectivity index (χ4n) is 2.64. The molecule has 2 aromatic rings. The molecular formula is C21H24F2N4O4. The average Bonchev–Trinajstić information content (AvgIpc) is 2.74. The predicted octanol–water partition coefficient (Wildman–Crippen LogP) is 1.99. The first-order valence-corrected chi connectivity index (χ1v) is 9.49. The molecule has 0 spiro atoms. The highest BCUT2D eigenvalue weighted by Gasteiger charge is 2.15. The Kier molecular flexibility index (Phi) is 8.89. The Labute approximate surface area is 178 Å². The van der Waals surface area contributed by atoms with Crippen molar-refractivity contribution in [2.45, 2.75) is 6.92 Å². The van der Waals surface area contributed by atoms with E-state index in [-0.39, 0.29) is 31.2 Å². The number of nitrogens with one attached hydrogen (secondary N) is 3. The quantitative estimate of drug-likeness (QED) is 0.531. The van der Waals surface area contributed by atoms with Gasteiger partial charge in [0.2, 0.25) is 17.7 Å². The Morgan fingerprint density at radius 3 is 2.32 bits per heavy atom. The van der Waals surface area contributed by atoms with E-state index in [9.17, 15) is 23.2 Å². The third-order valence-corrected chi connectivity index (χ3v) is 4.21. The van der Waals surface area contributed by atoms with E-state index < -0.39 is 23.4 Å². The maximum atomic E-state index is 13.2. The highest BCUT2D eigenvalue weighted by molar-refractivity contribution is 5.95. The van der Waals surface area contributed by atoms with Gasteiger partial charge in [-0.15, -0.1) is 0 Å². The number of anilines is 2. The number of rotatable bonds is 10. The number of para-hydroxylation sites is 2. The number of hydrogen-bond acceptors (Lipinski definition) is 5. The fraction of sp³-hybridized carbons (Fsp3) is 0.286. The average molecular weight is 434 g/mol. The summed E-state index contributed by atoms with van der Waals surface area (Å²) in [5.74, 6) is -2.99. The van der Waals surface area contributed by atoms with E-state index in [1.807, 2.05) is 0 Å². The molecule has 2 rings (SSSR count). The Balaban J connectivity index is 1.79. The minimum absolute atomic E-state index is 0.0387. The van der Waals surface area contributed by atoms with E-state index in [0.29, 0.717) is 18.0 Å². The zero-order valence-corrected chi connectivity index (χ0v) is 17.2. The topological polar surface area (TPSA) is 99.8 Å². The number of carbonyl (C=O) groups excluding carboxylic acids is 3. The summed E-state index contributed by atoms with van der Waals surface area (Å²) >= 11 is 0. The molecule has 10 heteroatoms. The van der Waals surface area contributed by atoms with Crippen LogP contribution in [-0.4, -0.2) is 55.9 Å². The van der Waals surface area contributed by atoms with Gasteiger partial charge < -0.3 is 20.7 Å². The van der Waals surface area contributed by atoms with Crippen molar-refractivity contribution in [1.29, 1.82) is 0 Å². The summed E-state index contributed by atoms with van der Waals surface area (Å²) < 4.78 is 31.3. The number of amides is 3. The summed E-state index contributed by atoms with van der Waals surface area (Å²) in [5.41, 5.74) is 0.589. The monoisotopic (exact) mass is 434 g/mol. The Hall–Kier alpha value is -3.53. The molecule has 0 aliphatic heterocycles. The molecule has 0 aliphatic carbocycles. The SMILES string of the molecule is CCN(CC(=O)NCC(=O)Nc1ccc(F)c(F)c1)CC(=O)Nc1ccccc1OC. The van der Waals surface area contributed by atoms with Crippen LogP contribution in [0.2, 0.25) is 0 Å². The molecule has 2 aromatic carbocycles. The first-order valence-electron chi connectivity index (χ1n) is 9.49. The molecule has 8 nitrogen and oxygen atoms in total. The highest BCUT2D eigenvalue weighted by atomic mass is 19.2. The van der Waals surface area contributed by atoms with Crippen molar-refractivity contribution in [2.75, 3.05) is 43.9 Å². The Morgan fingerprint density at radius 2 is 1.65 bits per heavy atom. The van der Waals surface area contributed by atoms with E-state index >= 15 is 0 Å². The van der Waals surface area contributed by atoms with Crippen molar-refractivity contribution in [3.63, 3.8) is 0 Å². The van der Waals surface area contributed by atoms with Crippen LogP contribution < -0.4 is 20.7 Å². The second-order valence-corrected chi connectivity index (χ2v) is 6.51. The van der Waals surface area contributed by atoms with Gasteiger partial charge >= 0.3 is 0 Å². The van der Waals surface area contributed by atoms with Gasteiger partial charge in [-0.1, -0.05) is 19.1 Å². The van der Waals surface area contributed by atoms with Crippen molar-refractivity contribution in [1.82, 2.24) is 10.2 Å². The van der Waals surface area contributed by atoms with Gasteiger partial charge in [0.05, 0.1) is 32.4 Å². The summed E-state index contributed by atoms with van der Waals surface area (Å²) in [6, 6.07) is 9.88. The van der Waals surface area contributed by atoms with Crippen LogP contribution in [0.25, 0.3) is 0 Å². The predicted molar refractivity (Wildman–Crippen MR) is 112 cm³/mol. The zero-order valence-electron chi connectivity index (χ0n) is 17.2. The molecular weight excluding hydrogens is 410 g/mol. The standard InChI is InChI=1S/C21H24F2N4O4/c1-3-27(13-21(30)26-17-6-4-5-7-18(17)31-2)12-20(29)24-11-19(28)25-14-8-9-15(22)16(23)10-14/h4-10H,3,11-13H2,1-2H3,(H,24,29)(H,25,28)(H,26,30). The van der Waals surface area contributed by atoms with Crippen LogP contribution in [0, 0.1) is 11.6 Å². The fourth-order valence-corrected chi connectivity index (χ4v) is 2.64. The molecule has 31 heavy (non-hydrogen) atoms. The lowest BCUT2D eigenvalue weighted by Gasteiger charge is -2.19. The Morgan fingerprint density at radius 1 is 0.935 bits per heavy atom. The van der Waals surface area contributed by atoms with Gasteiger partial charge in [-0.05, 0) is 30.8 Å². The first-order chi connectivity index (χ1) is 14.8. The number of benzene rings is 2. The van der Waals surface area contributed by atoms with E-state index in [1.165, 1.54) is 13.2 Å². The van der Waals surface area contributed by atoms with Crippen LogP contribution in [0.1, 0.15) is 6.92 Å². The van der Waals surface area contributed by atoms with Gasteiger partial charge in [0.1, 0.15) is 5.75 Å². The molecule has 166 valence electrons. The third-order valence-electron chi connectivity index (χ3n) is 4.21.